The van der Waals surface area contributed by atoms with Gasteiger partial charge >= 0.3 is 6.03 Å². The molecule has 8 heteroatoms. The summed E-state index contributed by atoms with van der Waals surface area (Å²) in [6, 6.07) is 1.08. The number of carbonyl (C=O) groups excluding carboxylic acids is 1. The largest absolute Gasteiger partial charge is 0.382 e. The van der Waals surface area contributed by atoms with Gasteiger partial charge in [-0.05, 0) is 12.8 Å². The number of ether oxygens (including phenoxy) is 2. The number of hydrogen-bond donors (Lipinski definition) is 3. The molecule has 3 N–H and O–H groups in total. The molecular formula is C23H42N4O4. The molecule has 0 aliphatic heterocycles. The highest BCUT2D eigenvalue weighted by molar-refractivity contribution is 5.87. The zero-order valence-corrected chi connectivity index (χ0v) is 19.5. The molecule has 2 amide bonds. The van der Waals surface area contributed by atoms with Crippen LogP contribution in [0.5, 0.6) is 0 Å². The van der Waals surface area contributed by atoms with Crippen LogP contribution in [-0.4, -0.2) is 49.5 Å². The van der Waals surface area contributed by atoms with Crippen molar-refractivity contribution in [3.05, 3.63) is 22.1 Å². The van der Waals surface area contributed by atoms with Crippen molar-refractivity contribution in [2.45, 2.75) is 84.0 Å². The number of aromatic amines is 1. The minimum absolute atomic E-state index is 0.170. The van der Waals surface area contributed by atoms with E-state index in [0.717, 1.165) is 19.3 Å². The summed E-state index contributed by atoms with van der Waals surface area (Å²) in [5.74, 6) is 0.170. The summed E-state index contributed by atoms with van der Waals surface area (Å²) < 4.78 is 10.2. The standard InChI is InChI=1S/C23H42N4O4/c1-3-4-5-6-7-8-9-10-11-12-13-14-20-19-21(28)26-22(25-20)27-23(29)24-15-16-31-18-17-30-2/h19H,3-18H2,1-2H3,(H3,24,25,26,27,28,29). The van der Waals surface area contributed by atoms with Gasteiger partial charge in [0.2, 0.25) is 5.95 Å². The lowest BCUT2D eigenvalue weighted by molar-refractivity contribution is 0.0728. The third-order valence-electron chi connectivity index (χ3n) is 5.03. The number of nitrogens with zero attached hydrogens (tertiary/aromatic N) is 1. The molecule has 1 rings (SSSR count). The van der Waals surface area contributed by atoms with Crippen LogP contribution in [0.15, 0.2) is 10.9 Å². The van der Waals surface area contributed by atoms with Crippen molar-refractivity contribution in [2.75, 3.05) is 38.8 Å². The Balaban J connectivity index is 2.16. The third-order valence-corrected chi connectivity index (χ3v) is 5.03. The van der Waals surface area contributed by atoms with Gasteiger partial charge in [0.25, 0.3) is 5.56 Å². The molecule has 0 saturated heterocycles. The minimum atomic E-state index is -0.426. The Morgan fingerprint density at radius 2 is 1.61 bits per heavy atom. The van der Waals surface area contributed by atoms with Crippen molar-refractivity contribution >= 4 is 12.0 Å². The van der Waals surface area contributed by atoms with E-state index in [2.05, 4.69) is 27.5 Å². The molecule has 8 nitrogen and oxygen atoms in total. The lowest BCUT2D eigenvalue weighted by atomic mass is 10.0. The highest BCUT2D eigenvalue weighted by Crippen LogP contribution is 2.12. The predicted molar refractivity (Wildman–Crippen MR) is 125 cm³/mol. The Bertz CT molecular complexity index is 636. The van der Waals surface area contributed by atoms with E-state index in [4.69, 9.17) is 9.47 Å². The van der Waals surface area contributed by atoms with Gasteiger partial charge < -0.3 is 14.8 Å². The van der Waals surface area contributed by atoms with Gasteiger partial charge in [0, 0.05) is 25.4 Å². The second kappa shape index (κ2) is 18.8. The van der Waals surface area contributed by atoms with E-state index in [1.54, 1.807) is 7.11 Å². The Hall–Kier alpha value is -1.93. The number of unbranched alkanes of at least 4 members (excludes halogenated alkanes) is 10. The van der Waals surface area contributed by atoms with Crippen molar-refractivity contribution in [1.82, 2.24) is 15.3 Å². The maximum atomic E-state index is 11.9. The summed E-state index contributed by atoms with van der Waals surface area (Å²) >= 11 is 0. The minimum Gasteiger partial charge on any atom is -0.382 e. The summed E-state index contributed by atoms with van der Waals surface area (Å²) in [4.78, 5) is 30.7. The zero-order chi connectivity index (χ0) is 22.6. The first-order chi connectivity index (χ1) is 15.2. The number of methoxy groups -OCH3 is 1. The van der Waals surface area contributed by atoms with Crippen molar-refractivity contribution in [2.24, 2.45) is 0 Å². The molecule has 1 heterocycles. The summed E-state index contributed by atoms with van der Waals surface area (Å²) in [5, 5.41) is 5.23. The third kappa shape index (κ3) is 15.5. The molecule has 0 aliphatic rings. The molecule has 0 radical (unpaired) electrons. The lowest BCUT2D eigenvalue weighted by Gasteiger charge is -2.08. The number of amides is 2. The molecule has 0 unspecified atom stereocenters. The highest BCUT2D eigenvalue weighted by atomic mass is 16.5. The number of rotatable bonds is 19. The predicted octanol–water partition coefficient (Wildman–Crippen LogP) is 4.41. The lowest BCUT2D eigenvalue weighted by Crippen LogP contribution is -2.33. The monoisotopic (exact) mass is 438 g/mol. The molecule has 0 bridgehead atoms. The maximum Gasteiger partial charge on any atom is 0.321 e. The van der Waals surface area contributed by atoms with Gasteiger partial charge in [-0.1, -0.05) is 71.1 Å². The van der Waals surface area contributed by atoms with Gasteiger partial charge in [0.1, 0.15) is 0 Å². The Morgan fingerprint density at radius 1 is 0.968 bits per heavy atom. The maximum absolute atomic E-state index is 11.9. The van der Waals surface area contributed by atoms with Crippen molar-refractivity contribution in [3.63, 3.8) is 0 Å². The van der Waals surface area contributed by atoms with Gasteiger partial charge in [-0.25, -0.2) is 9.78 Å². The molecule has 1 aromatic rings. The number of hydrogen-bond acceptors (Lipinski definition) is 5. The topological polar surface area (TPSA) is 105 Å². The van der Waals surface area contributed by atoms with E-state index in [1.165, 1.54) is 63.9 Å². The van der Waals surface area contributed by atoms with Gasteiger partial charge in [-0.2, -0.15) is 0 Å². The van der Waals surface area contributed by atoms with E-state index in [9.17, 15) is 9.59 Å². The first kappa shape index (κ1) is 27.1. The van der Waals surface area contributed by atoms with Crippen LogP contribution in [0, 0.1) is 0 Å². The summed E-state index contributed by atoms with van der Waals surface area (Å²) in [7, 11) is 1.61. The Kier molecular flexibility index (Phi) is 16.4. The number of aromatic nitrogens is 2. The molecule has 0 aliphatic carbocycles. The molecule has 1 aromatic heterocycles. The number of nitrogens with one attached hydrogen (secondary N) is 3. The molecule has 31 heavy (non-hydrogen) atoms. The quantitative estimate of drug-likeness (QED) is 0.278. The van der Waals surface area contributed by atoms with Crippen LogP contribution < -0.4 is 16.2 Å². The van der Waals surface area contributed by atoms with Gasteiger partial charge in [-0.15, -0.1) is 0 Å². The van der Waals surface area contributed by atoms with Crippen LogP contribution in [0.3, 0.4) is 0 Å². The number of anilines is 1. The molecule has 0 fully saturated rings. The normalized spacial score (nSPS) is 10.9. The average Bonchev–Trinajstić information content (AvgIpc) is 2.74. The summed E-state index contributed by atoms with van der Waals surface area (Å²) in [6.07, 6.45) is 14.8. The van der Waals surface area contributed by atoms with Crippen molar-refractivity contribution < 1.29 is 14.3 Å². The molecule has 0 atom stereocenters. The molecular weight excluding hydrogens is 396 g/mol. The molecule has 0 saturated carbocycles. The highest BCUT2D eigenvalue weighted by Gasteiger charge is 2.06. The SMILES string of the molecule is CCCCCCCCCCCCCc1cc(=O)[nH]c(NC(=O)NCCOCCOC)n1. The van der Waals surface area contributed by atoms with E-state index in [0.29, 0.717) is 32.1 Å². The van der Waals surface area contributed by atoms with Crippen molar-refractivity contribution in [1.29, 1.82) is 0 Å². The van der Waals surface area contributed by atoms with Crippen LogP contribution in [0.4, 0.5) is 10.7 Å². The fourth-order valence-electron chi connectivity index (χ4n) is 3.30. The van der Waals surface area contributed by atoms with Crippen LogP contribution in [0.2, 0.25) is 0 Å². The van der Waals surface area contributed by atoms with Gasteiger partial charge in [0.05, 0.1) is 19.8 Å². The van der Waals surface area contributed by atoms with E-state index >= 15 is 0 Å². The molecule has 178 valence electrons. The fraction of sp³-hybridized carbons (Fsp3) is 0.783. The number of urea groups is 1. The van der Waals surface area contributed by atoms with E-state index in [1.807, 2.05) is 0 Å². The first-order valence-corrected chi connectivity index (χ1v) is 11.9. The van der Waals surface area contributed by atoms with Gasteiger partial charge in [0.15, 0.2) is 0 Å². The number of carbonyl (C=O) groups is 1. The summed E-state index contributed by atoms with van der Waals surface area (Å²) in [6.45, 7) is 4.00. The zero-order valence-electron chi connectivity index (χ0n) is 19.5. The second-order valence-electron chi connectivity index (χ2n) is 7.86. The van der Waals surface area contributed by atoms with Crippen molar-refractivity contribution in [3.8, 4) is 0 Å². The Morgan fingerprint density at radius 3 is 2.26 bits per heavy atom. The molecule has 0 aromatic carbocycles. The Labute approximate surface area is 186 Å². The van der Waals surface area contributed by atoms with Crippen LogP contribution >= 0.6 is 0 Å². The number of H-pyrrole nitrogens is 1. The first-order valence-electron chi connectivity index (χ1n) is 11.9. The summed E-state index contributed by atoms with van der Waals surface area (Å²) in [5.41, 5.74) is 0.448. The fourth-order valence-corrected chi connectivity index (χ4v) is 3.30. The van der Waals surface area contributed by atoms with Crippen LogP contribution in [0.25, 0.3) is 0 Å². The van der Waals surface area contributed by atoms with E-state index in [-0.39, 0.29) is 11.5 Å². The van der Waals surface area contributed by atoms with Crippen LogP contribution in [-0.2, 0) is 15.9 Å². The average molecular weight is 439 g/mol. The smallest absolute Gasteiger partial charge is 0.321 e. The van der Waals surface area contributed by atoms with Gasteiger partial charge in [-0.3, -0.25) is 15.1 Å². The second-order valence-corrected chi connectivity index (χ2v) is 7.86. The van der Waals surface area contributed by atoms with Crippen LogP contribution in [0.1, 0.15) is 83.2 Å². The van der Waals surface area contributed by atoms with E-state index < -0.39 is 6.03 Å². The molecule has 0 spiro atoms. The number of aryl methyl sites for hydroxylation is 1.